The Morgan fingerprint density at radius 3 is 2.66 bits per heavy atom. The summed E-state index contributed by atoms with van der Waals surface area (Å²) in [6.45, 7) is 6.39. The first-order valence-corrected chi connectivity index (χ1v) is 10.5. The molecule has 29 heavy (non-hydrogen) atoms. The first-order chi connectivity index (χ1) is 13.9. The summed E-state index contributed by atoms with van der Waals surface area (Å²) in [6.07, 6.45) is 0. The summed E-state index contributed by atoms with van der Waals surface area (Å²) in [5, 5.41) is 0.682. The third-order valence-electron chi connectivity index (χ3n) is 5.21. The number of nitrogens with one attached hydrogen (secondary N) is 1. The smallest absolute Gasteiger partial charge is 0.328 e. The summed E-state index contributed by atoms with van der Waals surface area (Å²) in [5.41, 5.74) is 1.56. The third-order valence-corrected chi connectivity index (χ3v) is 6.28. The molecule has 4 rings (SSSR count). The van der Waals surface area contributed by atoms with E-state index >= 15 is 0 Å². The number of carbonyl (C=O) groups excluding carboxylic acids is 1. The summed E-state index contributed by atoms with van der Waals surface area (Å²) in [5.74, 6) is -0.218. The van der Waals surface area contributed by atoms with Crippen LogP contribution in [-0.2, 0) is 6.54 Å². The zero-order valence-electron chi connectivity index (χ0n) is 16.1. The molecule has 1 aliphatic heterocycles. The number of hydrogen-bond acceptors (Lipinski definition) is 6. The Morgan fingerprint density at radius 2 is 1.97 bits per heavy atom. The zero-order chi connectivity index (χ0) is 20.7. The number of piperazine rings is 1. The minimum atomic E-state index is -0.527. The topological polar surface area (TPSA) is 91.3 Å². The van der Waals surface area contributed by atoms with Gasteiger partial charge < -0.3 is 14.8 Å². The van der Waals surface area contributed by atoms with Crippen molar-refractivity contribution < 1.29 is 4.79 Å². The largest absolute Gasteiger partial charge is 0.368 e. The molecule has 0 radical (unpaired) electrons. The molecule has 10 heteroatoms. The first-order valence-electron chi connectivity index (χ1n) is 9.33. The summed E-state index contributed by atoms with van der Waals surface area (Å²) in [6, 6.07) is 5.79. The van der Waals surface area contributed by atoms with Gasteiger partial charge in [0, 0.05) is 43.4 Å². The van der Waals surface area contributed by atoms with Gasteiger partial charge in [-0.15, -0.1) is 0 Å². The van der Waals surface area contributed by atoms with Gasteiger partial charge in [0.25, 0.3) is 11.5 Å². The van der Waals surface area contributed by atoms with E-state index in [1.54, 1.807) is 11.8 Å². The molecule has 1 aromatic carbocycles. The van der Waals surface area contributed by atoms with Crippen LogP contribution in [0.15, 0.2) is 27.8 Å². The predicted octanol–water partition coefficient (Wildman–Crippen LogP) is 2.09. The van der Waals surface area contributed by atoms with Gasteiger partial charge in [-0.05, 0) is 43.1 Å². The van der Waals surface area contributed by atoms with Crippen molar-refractivity contribution in [3.63, 3.8) is 0 Å². The lowest BCUT2D eigenvalue weighted by Gasteiger charge is -2.36. The normalized spacial score (nSPS) is 14.6. The van der Waals surface area contributed by atoms with E-state index in [4.69, 9.17) is 11.6 Å². The van der Waals surface area contributed by atoms with Crippen molar-refractivity contribution in [2.75, 3.05) is 31.1 Å². The Bertz CT molecular complexity index is 1210. The molecule has 1 aliphatic rings. The fourth-order valence-corrected chi connectivity index (χ4v) is 4.56. The van der Waals surface area contributed by atoms with Gasteiger partial charge in [0.15, 0.2) is 5.52 Å². The molecule has 1 fully saturated rings. The standard InChI is InChI=1S/C19H20ClN5O3S/c1-3-25-17(26)15-14(21-19(25)28)16(29-22-15)18(27)24-8-6-23(7-9-24)13-10-12(20)5-4-11(13)2/h4-5,10H,3,6-9H2,1-2H3,(H,21,28). The molecule has 0 spiro atoms. The lowest BCUT2D eigenvalue weighted by molar-refractivity contribution is 0.0753. The molecular weight excluding hydrogens is 414 g/mol. The molecule has 1 saturated heterocycles. The fourth-order valence-electron chi connectivity index (χ4n) is 3.60. The molecule has 2 aromatic heterocycles. The van der Waals surface area contributed by atoms with Gasteiger partial charge in [-0.1, -0.05) is 17.7 Å². The van der Waals surface area contributed by atoms with Crippen LogP contribution in [0.5, 0.6) is 0 Å². The number of aryl methyl sites for hydroxylation is 1. The molecule has 3 aromatic rings. The maximum absolute atomic E-state index is 13.0. The minimum absolute atomic E-state index is 0.132. The van der Waals surface area contributed by atoms with Crippen molar-refractivity contribution >= 4 is 45.8 Å². The molecule has 0 bridgehead atoms. The summed E-state index contributed by atoms with van der Waals surface area (Å²) in [4.78, 5) is 44.5. The number of aromatic nitrogens is 3. The van der Waals surface area contributed by atoms with E-state index in [2.05, 4.69) is 14.3 Å². The number of amides is 1. The van der Waals surface area contributed by atoms with Crippen LogP contribution in [0.2, 0.25) is 5.02 Å². The monoisotopic (exact) mass is 433 g/mol. The number of aromatic amines is 1. The van der Waals surface area contributed by atoms with E-state index in [-0.39, 0.29) is 23.5 Å². The maximum Gasteiger partial charge on any atom is 0.328 e. The molecule has 1 N–H and O–H groups in total. The van der Waals surface area contributed by atoms with Crippen molar-refractivity contribution in [1.82, 2.24) is 18.8 Å². The molecule has 0 unspecified atom stereocenters. The van der Waals surface area contributed by atoms with Gasteiger partial charge >= 0.3 is 5.69 Å². The van der Waals surface area contributed by atoms with Crippen LogP contribution in [-0.4, -0.2) is 50.9 Å². The molecule has 152 valence electrons. The van der Waals surface area contributed by atoms with Crippen LogP contribution in [0.1, 0.15) is 22.2 Å². The fraction of sp³-hybridized carbons (Fsp3) is 0.368. The number of fused-ring (bicyclic) bond motifs is 1. The number of hydrogen-bond donors (Lipinski definition) is 1. The Labute approximate surface area is 175 Å². The highest BCUT2D eigenvalue weighted by molar-refractivity contribution is 7.09. The highest BCUT2D eigenvalue weighted by atomic mass is 35.5. The molecule has 1 amide bonds. The lowest BCUT2D eigenvalue weighted by Crippen LogP contribution is -2.49. The van der Waals surface area contributed by atoms with Gasteiger partial charge in [0.05, 0.1) is 5.52 Å². The molecule has 0 atom stereocenters. The van der Waals surface area contributed by atoms with Gasteiger partial charge in [-0.25, -0.2) is 4.79 Å². The van der Waals surface area contributed by atoms with Crippen LogP contribution in [0.4, 0.5) is 5.69 Å². The van der Waals surface area contributed by atoms with Crippen LogP contribution in [0.25, 0.3) is 11.0 Å². The molecule has 0 aliphatic carbocycles. The van der Waals surface area contributed by atoms with Crippen LogP contribution in [0, 0.1) is 6.92 Å². The number of nitrogens with zero attached hydrogens (tertiary/aromatic N) is 4. The van der Waals surface area contributed by atoms with Gasteiger partial charge in [-0.2, -0.15) is 4.37 Å². The average molecular weight is 434 g/mol. The quantitative estimate of drug-likeness (QED) is 0.682. The summed E-state index contributed by atoms with van der Waals surface area (Å²) in [7, 11) is 0. The Morgan fingerprint density at radius 1 is 1.24 bits per heavy atom. The Hall–Kier alpha value is -2.65. The average Bonchev–Trinajstić information content (AvgIpc) is 3.13. The third kappa shape index (κ3) is 3.44. The second-order valence-corrected chi connectivity index (χ2v) is 8.13. The van der Waals surface area contributed by atoms with E-state index in [0.29, 0.717) is 36.1 Å². The Balaban J connectivity index is 1.57. The minimum Gasteiger partial charge on any atom is -0.368 e. The van der Waals surface area contributed by atoms with Gasteiger partial charge in [0.1, 0.15) is 4.88 Å². The van der Waals surface area contributed by atoms with Gasteiger partial charge in [-0.3, -0.25) is 14.2 Å². The summed E-state index contributed by atoms with van der Waals surface area (Å²) >= 11 is 7.08. The first kappa shape index (κ1) is 19.7. The number of halogens is 1. The second-order valence-electron chi connectivity index (χ2n) is 6.92. The van der Waals surface area contributed by atoms with Crippen LogP contribution in [0.3, 0.4) is 0 Å². The van der Waals surface area contributed by atoms with Crippen molar-refractivity contribution in [2.24, 2.45) is 0 Å². The molecular formula is C19H20ClN5O3S. The van der Waals surface area contributed by atoms with Crippen molar-refractivity contribution in [3.8, 4) is 0 Å². The van der Waals surface area contributed by atoms with E-state index in [0.717, 1.165) is 27.4 Å². The van der Waals surface area contributed by atoms with E-state index in [1.165, 1.54) is 0 Å². The molecule has 3 heterocycles. The number of H-pyrrole nitrogens is 1. The zero-order valence-corrected chi connectivity index (χ0v) is 17.6. The summed E-state index contributed by atoms with van der Waals surface area (Å²) < 4.78 is 5.21. The number of anilines is 1. The number of benzene rings is 1. The van der Waals surface area contributed by atoms with Gasteiger partial charge in [0.2, 0.25) is 0 Å². The van der Waals surface area contributed by atoms with Crippen LogP contribution >= 0.6 is 23.1 Å². The highest BCUT2D eigenvalue weighted by Crippen LogP contribution is 2.26. The van der Waals surface area contributed by atoms with Crippen molar-refractivity contribution in [3.05, 3.63) is 54.5 Å². The number of carbonyl (C=O) groups is 1. The van der Waals surface area contributed by atoms with E-state index < -0.39 is 11.2 Å². The lowest BCUT2D eigenvalue weighted by atomic mass is 10.1. The maximum atomic E-state index is 13.0. The second kappa shape index (κ2) is 7.64. The van der Waals surface area contributed by atoms with Crippen LogP contribution < -0.4 is 16.1 Å². The number of rotatable bonds is 3. The van der Waals surface area contributed by atoms with E-state index in [1.807, 2.05) is 25.1 Å². The van der Waals surface area contributed by atoms with Crippen molar-refractivity contribution in [2.45, 2.75) is 20.4 Å². The van der Waals surface area contributed by atoms with Crippen molar-refractivity contribution in [1.29, 1.82) is 0 Å². The van der Waals surface area contributed by atoms with E-state index in [9.17, 15) is 14.4 Å². The highest BCUT2D eigenvalue weighted by Gasteiger charge is 2.27. The molecule has 0 saturated carbocycles. The SMILES string of the molecule is CCn1c(=O)[nH]c2c(C(=O)N3CCN(c4cc(Cl)ccc4C)CC3)snc2c1=O. The molecule has 8 nitrogen and oxygen atoms in total. The Kier molecular flexibility index (Phi) is 5.18. The predicted molar refractivity (Wildman–Crippen MR) is 114 cm³/mol.